The lowest BCUT2D eigenvalue weighted by molar-refractivity contribution is -0.125. The zero-order valence-corrected chi connectivity index (χ0v) is 31.7. The molecule has 12 heteroatoms. The number of likely N-dealkylation sites (tertiary alicyclic amines) is 2. The fourth-order valence-electron chi connectivity index (χ4n) is 9.35. The monoisotopic (exact) mass is 755 g/mol. The average molecular weight is 756 g/mol. The van der Waals surface area contributed by atoms with Crippen LogP contribution in [0, 0.1) is 5.82 Å². The number of aromatic carboxylic acids is 1. The lowest BCUT2D eigenvalue weighted by Crippen LogP contribution is -2.58. The van der Waals surface area contributed by atoms with Gasteiger partial charge in [-0.1, -0.05) is 30.7 Å². The number of imidazole rings is 1. The maximum atomic E-state index is 15.0. The summed E-state index contributed by atoms with van der Waals surface area (Å²) in [7, 11) is 0. The number of halogens is 1. The Kier molecular flexibility index (Phi) is 9.11. The van der Waals surface area contributed by atoms with Crippen LogP contribution in [0.2, 0.25) is 0 Å². The molecule has 1 spiro atoms. The number of carbonyl (C=O) groups is 3. The van der Waals surface area contributed by atoms with E-state index in [1.165, 1.54) is 37.5 Å². The van der Waals surface area contributed by atoms with Crippen LogP contribution in [0.1, 0.15) is 91.1 Å². The number of para-hydroxylation sites is 1. The van der Waals surface area contributed by atoms with E-state index in [2.05, 4.69) is 41.1 Å². The zero-order valence-electron chi connectivity index (χ0n) is 31.7. The summed E-state index contributed by atoms with van der Waals surface area (Å²) in [6.45, 7) is 7.18. The number of amides is 2. The molecule has 1 saturated carbocycles. The van der Waals surface area contributed by atoms with Crippen molar-refractivity contribution in [2.45, 2.75) is 82.3 Å². The molecule has 0 bridgehead atoms. The molecule has 5 heterocycles. The van der Waals surface area contributed by atoms with Crippen molar-refractivity contribution in [2.75, 3.05) is 36.4 Å². The molecule has 1 aliphatic carbocycles. The van der Waals surface area contributed by atoms with Crippen LogP contribution in [0.5, 0.6) is 0 Å². The van der Waals surface area contributed by atoms with Gasteiger partial charge in [0.05, 0.1) is 34.2 Å². The molecular formula is C44H46FN7O4. The highest BCUT2D eigenvalue weighted by Crippen LogP contribution is 2.52. The molecule has 9 rings (SSSR count). The number of benzene rings is 3. The number of nitrogens with zero attached hydrogens (tertiary/aromatic N) is 6. The van der Waals surface area contributed by atoms with Gasteiger partial charge < -0.3 is 29.7 Å². The Balaban J connectivity index is 1.06. The Bertz CT molecular complexity index is 2340. The van der Waals surface area contributed by atoms with Crippen molar-refractivity contribution in [2.24, 2.45) is 0 Å². The Morgan fingerprint density at radius 3 is 2.30 bits per heavy atom. The van der Waals surface area contributed by atoms with Crippen LogP contribution in [-0.4, -0.2) is 85.5 Å². The first-order valence-corrected chi connectivity index (χ1v) is 19.9. The van der Waals surface area contributed by atoms with E-state index in [-0.39, 0.29) is 35.3 Å². The number of carboxylic acid groups (broad SMARTS) is 1. The molecule has 3 aromatic carbocycles. The molecule has 2 amide bonds. The zero-order chi connectivity index (χ0) is 38.7. The highest BCUT2D eigenvalue weighted by molar-refractivity contribution is 6.10. The maximum absolute atomic E-state index is 15.0. The lowest BCUT2D eigenvalue weighted by atomic mass is 9.73. The third kappa shape index (κ3) is 6.10. The van der Waals surface area contributed by atoms with Crippen LogP contribution in [0.4, 0.5) is 21.6 Å². The standard InChI is InChI=1S/C44H46FN7O4/c1-27(2)51-26-46-37-25-36(48-40(39(37)51)47-35-9-5-4-8-34(35)45)30-14-15-33-38(22-30)52(32-23-31(24-32)49-18-6-3-7-19-49)43(56)44(33)16-20-50(21-17-44)41(53)28-10-12-29(13-11-28)42(54)55/h4-5,8-15,22,25-27,31-32H,3,6-7,16-21,23-24H2,1-2H3,(H,47,48)(H,54,55)/t31-,32+. The summed E-state index contributed by atoms with van der Waals surface area (Å²) in [6.07, 6.45) is 8.34. The number of anilines is 3. The van der Waals surface area contributed by atoms with Gasteiger partial charge in [0.15, 0.2) is 5.82 Å². The van der Waals surface area contributed by atoms with Crippen molar-refractivity contribution in [3.63, 3.8) is 0 Å². The summed E-state index contributed by atoms with van der Waals surface area (Å²) in [4.78, 5) is 56.2. The predicted molar refractivity (Wildman–Crippen MR) is 213 cm³/mol. The van der Waals surface area contributed by atoms with E-state index in [4.69, 9.17) is 9.97 Å². The van der Waals surface area contributed by atoms with Gasteiger partial charge in [-0.05, 0) is 120 Å². The topological polar surface area (TPSA) is 124 Å². The molecule has 288 valence electrons. The van der Waals surface area contributed by atoms with Crippen LogP contribution in [-0.2, 0) is 10.2 Å². The minimum atomic E-state index is -1.04. The summed E-state index contributed by atoms with van der Waals surface area (Å²) < 4.78 is 17.0. The molecule has 2 saturated heterocycles. The minimum absolute atomic E-state index is 0.0747. The Morgan fingerprint density at radius 2 is 1.61 bits per heavy atom. The molecule has 2 N–H and O–H groups in total. The SMILES string of the molecule is CC(C)n1cnc2cc(-c3ccc4c(c3)N([C@H]3C[C@@H](N5CCCCC5)C3)C(=O)C43CCN(C(=O)c4ccc(C(=O)O)cc4)CC3)nc(Nc3ccccc3F)c21. The maximum Gasteiger partial charge on any atom is 0.335 e. The van der Waals surface area contributed by atoms with E-state index < -0.39 is 11.4 Å². The highest BCUT2D eigenvalue weighted by Gasteiger charge is 2.56. The van der Waals surface area contributed by atoms with Crippen LogP contribution in [0.3, 0.4) is 0 Å². The van der Waals surface area contributed by atoms with Gasteiger partial charge in [-0.15, -0.1) is 0 Å². The fourth-order valence-corrected chi connectivity index (χ4v) is 9.35. The highest BCUT2D eigenvalue weighted by atomic mass is 19.1. The molecule has 0 unspecified atom stereocenters. The van der Waals surface area contributed by atoms with Gasteiger partial charge >= 0.3 is 5.97 Å². The number of rotatable bonds is 8. The molecule has 11 nitrogen and oxygen atoms in total. The molecule has 56 heavy (non-hydrogen) atoms. The summed E-state index contributed by atoms with van der Waals surface area (Å²) in [5.41, 5.74) is 5.00. The van der Waals surface area contributed by atoms with Crippen molar-refractivity contribution in [1.29, 1.82) is 0 Å². The minimum Gasteiger partial charge on any atom is -0.478 e. The molecule has 4 aliphatic rings. The predicted octanol–water partition coefficient (Wildman–Crippen LogP) is 7.80. The van der Waals surface area contributed by atoms with Crippen LogP contribution < -0.4 is 10.2 Å². The van der Waals surface area contributed by atoms with E-state index in [0.29, 0.717) is 54.7 Å². The van der Waals surface area contributed by atoms with Crippen molar-refractivity contribution in [1.82, 2.24) is 24.3 Å². The van der Waals surface area contributed by atoms with E-state index in [9.17, 15) is 23.9 Å². The first-order chi connectivity index (χ1) is 27.1. The molecule has 3 aliphatic heterocycles. The van der Waals surface area contributed by atoms with Gasteiger partial charge in [0.25, 0.3) is 5.91 Å². The lowest BCUT2D eigenvalue weighted by Gasteiger charge is -2.48. The largest absolute Gasteiger partial charge is 0.478 e. The van der Waals surface area contributed by atoms with Crippen LogP contribution in [0.15, 0.2) is 79.1 Å². The summed E-state index contributed by atoms with van der Waals surface area (Å²) in [5.74, 6) is -0.990. The Hall–Kier alpha value is -5.62. The number of carboxylic acids is 1. The normalized spacial score (nSPS) is 20.8. The molecule has 0 radical (unpaired) electrons. The number of piperidine rings is 2. The van der Waals surface area contributed by atoms with Gasteiger partial charge in [0.1, 0.15) is 11.3 Å². The van der Waals surface area contributed by atoms with Crippen molar-refractivity contribution < 1.29 is 23.9 Å². The van der Waals surface area contributed by atoms with Crippen LogP contribution >= 0.6 is 0 Å². The molecule has 0 atom stereocenters. The second-order valence-corrected chi connectivity index (χ2v) is 16.1. The number of carbonyl (C=O) groups excluding carboxylic acids is 2. The summed E-state index contributed by atoms with van der Waals surface area (Å²) in [5, 5.41) is 12.6. The number of nitrogens with one attached hydrogen (secondary N) is 1. The second-order valence-electron chi connectivity index (χ2n) is 16.1. The Labute approximate surface area is 325 Å². The number of pyridine rings is 1. The number of hydrogen-bond acceptors (Lipinski definition) is 7. The van der Waals surface area contributed by atoms with Gasteiger partial charge in [0.2, 0.25) is 5.91 Å². The smallest absolute Gasteiger partial charge is 0.335 e. The molecule has 5 aromatic rings. The summed E-state index contributed by atoms with van der Waals surface area (Å²) >= 11 is 0. The van der Waals surface area contributed by atoms with Crippen LogP contribution in [0.25, 0.3) is 22.3 Å². The number of hydrogen-bond donors (Lipinski definition) is 2. The van der Waals surface area contributed by atoms with Gasteiger partial charge in [-0.2, -0.15) is 0 Å². The Morgan fingerprint density at radius 1 is 0.893 bits per heavy atom. The molecule has 2 aromatic heterocycles. The number of aromatic nitrogens is 3. The first-order valence-electron chi connectivity index (χ1n) is 19.9. The fraction of sp³-hybridized carbons (Fsp3) is 0.386. The molecular weight excluding hydrogens is 710 g/mol. The third-order valence-electron chi connectivity index (χ3n) is 12.6. The van der Waals surface area contributed by atoms with E-state index in [0.717, 1.165) is 53.8 Å². The van der Waals surface area contributed by atoms with E-state index in [1.54, 1.807) is 41.6 Å². The van der Waals surface area contributed by atoms with Crippen molar-refractivity contribution in [3.8, 4) is 11.3 Å². The average Bonchev–Trinajstić information content (AvgIpc) is 3.73. The van der Waals surface area contributed by atoms with Gasteiger partial charge in [-0.3, -0.25) is 9.59 Å². The third-order valence-corrected chi connectivity index (χ3v) is 12.6. The second kappa shape index (κ2) is 14.1. The van der Waals surface area contributed by atoms with Crippen molar-refractivity contribution >= 4 is 46.0 Å². The quantitative estimate of drug-likeness (QED) is 0.165. The first kappa shape index (κ1) is 36.0. The van der Waals surface area contributed by atoms with E-state index >= 15 is 0 Å². The van der Waals surface area contributed by atoms with Gasteiger partial charge in [0, 0.05) is 48.0 Å². The van der Waals surface area contributed by atoms with Crippen molar-refractivity contribution in [3.05, 3.63) is 102 Å². The van der Waals surface area contributed by atoms with Gasteiger partial charge in [-0.25, -0.2) is 19.2 Å². The summed E-state index contributed by atoms with van der Waals surface area (Å²) in [6, 6.07) is 21.3. The molecule has 3 fully saturated rings. The number of fused-ring (bicyclic) bond motifs is 3. The van der Waals surface area contributed by atoms with E-state index in [1.807, 2.05) is 16.7 Å².